The maximum absolute atomic E-state index is 4.38. The number of rotatable bonds is 5. The number of H-pyrrole nitrogens is 1. The Morgan fingerprint density at radius 1 is 1.38 bits per heavy atom. The third-order valence-electron chi connectivity index (χ3n) is 4.60. The van der Waals surface area contributed by atoms with Gasteiger partial charge in [0.1, 0.15) is 6.33 Å². The first-order valence-corrected chi connectivity index (χ1v) is 10.0. The third kappa shape index (κ3) is 5.87. The summed E-state index contributed by atoms with van der Waals surface area (Å²) >= 11 is 1.98. The number of nitrogens with zero attached hydrogens (tertiary/aromatic N) is 3. The molecule has 3 rings (SSSR count). The molecular formula is C18H27IN6S. The van der Waals surface area contributed by atoms with Gasteiger partial charge in [-0.1, -0.05) is 24.6 Å². The average molecular weight is 486 g/mol. The van der Waals surface area contributed by atoms with Gasteiger partial charge < -0.3 is 10.6 Å². The molecule has 1 heterocycles. The summed E-state index contributed by atoms with van der Waals surface area (Å²) in [6, 6.07) is 8.80. The Morgan fingerprint density at radius 2 is 2.27 bits per heavy atom. The number of guanidine groups is 1. The summed E-state index contributed by atoms with van der Waals surface area (Å²) < 4.78 is 0. The van der Waals surface area contributed by atoms with Crippen LogP contribution in [0.1, 0.15) is 31.2 Å². The van der Waals surface area contributed by atoms with Crippen LogP contribution >= 0.6 is 35.7 Å². The molecule has 2 atom stereocenters. The molecule has 8 heteroatoms. The van der Waals surface area contributed by atoms with Gasteiger partial charge in [0.25, 0.3) is 0 Å². The van der Waals surface area contributed by atoms with E-state index in [0.717, 1.165) is 29.1 Å². The SMILES string of the molecule is CN=C(NCc1cccc(-c2ncn[nH]2)c1)NC1CCCC(SC)C1.I. The molecule has 0 aliphatic heterocycles. The van der Waals surface area contributed by atoms with Crippen molar-refractivity contribution in [1.82, 2.24) is 25.8 Å². The zero-order valence-electron chi connectivity index (χ0n) is 15.2. The maximum Gasteiger partial charge on any atom is 0.191 e. The number of hydrogen-bond acceptors (Lipinski definition) is 4. The minimum absolute atomic E-state index is 0. The molecule has 0 amide bonds. The van der Waals surface area contributed by atoms with E-state index < -0.39 is 0 Å². The van der Waals surface area contributed by atoms with Crippen LogP contribution in [-0.2, 0) is 6.54 Å². The first-order chi connectivity index (χ1) is 12.3. The highest BCUT2D eigenvalue weighted by atomic mass is 127. The molecule has 0 spiro atoms. The summed E-state index contributed by atoms with van der Waals surface area (Å²) in [4.78, 5) is 8.59. The van der Waals surface area contributed by atoms with Crippen LogP contribution in [0, 0.1) is 0 Å². The van der Waals surface area contributed by atoms with Crippen molar-refractivity contribution >= 4 is 41.7 Å². The van der Waals surface area contributed by atoms with Gasteiger partial charge in [0.05, 0.1) is 0 Å². The number of aromatic amines is 1. The first-order valence-electron chi connectivity index (χ1n) is 8.73. The van der Waals surface area contributed by atoms with Crippen molar-refractivity contribution in [3.63, 3.8) is 0 Å². The Hall–Kier alpha value is -1.29. The molecule has 0 radical (unpaired) electrons. The van der Waals surface area contributed by atoms with Crippen LogP contribution in [-0.4, -0.2) is 45.7 Å². The van der Waals surface area contributed by atoms with Gasteiger partial charge in [-0.2, -0.15) is 16.9 Å². The second-order valence-electron chi connectivity index (χ2n) is 6.33. The maximum atomic E-state index is 4.38. The predicted octanol–water partition coefficient (Wildman–Crippen LogP) is 3.43. The number of benzene rings is 1. The Morgan fingerprint density at radius 3 is 3.00 bits per heavy atom. The van der Waals surface area contributed by atoms with Gasteiger partial charge in [-0.25, -0.2) is 4.98 Å². The summed E-state index contributed by atoms with van der Waals surface area (Å²) in [6.07, 6.45) is 8.79. The van der Waals surface area contributed by atoms with Crippen LogP contribution < -0.4 is 10.6 Å². The summed E-state index contributed by atoms with van der Waals surface area (Å²) in [6.45, 7) is 0.723. The lowest BCUT2D eigenvalue weighted by molar-refractivity contribution is 0.419. The van der Waals surface area contributed by atoms with E-state index in [1.54, 1.807) is 0 Å². The lowest BCUT2D eigenvalue weighted by Crippen LogP contribution is -2.45. The van der Waals surface area contributed by atoms with E-state index in [0.29, 0.717) is 6.04 Å². The zero-order chi connectivity index (χ0) is 17.5. The van der Waals surface area contributed by atoms with E-state index in [9.17, 15) is 0 Å². The van der Waals surface area contributed by atoms with E-state index in [1.807, 2.05) is 30.9 Å². The first kappa shape index (κ1) is 21.0. The van der Waals surface area contributed by atoms with Gasteiger partial charge in [0, 0.05) is 30.4 Å². The van der Waals surface area contributed by atoms with Crippen molar-refractivity contribution in [1.29, 1.82) is 0 Å². The molecule has 1 aromatic heterocycles. The monoisotopic (exact) mass is 486 g/mol. The van der Waals surface area contributed by atoms with Crippen LogP contribution in [0.3, 0.4) is 0 Å². The predicted molar refractivity (Wildman–Crippen MR) is 120 cm³/mol. The van der Waals surface area contributed by atoms with Gasteiger partial charge in [0.15, 0.2) is 11.8 Å². The number of hydrogen-bond donors (Lipinski definition) is 3. The highest BCUT2D eigenvalue weighted by molar-refractivity contribution is 14.0. The lowest BCUT2D eigenvalue weighted by Gasteiger charge is -2.29. The summed E-state index contributed by atoms with van der Waals surface area (Å²) in [5.41, 5.74) is 2.22. The van der Waals surface area contributed by atoms with Gasteiger partial charge in [-0.3, -0.25) is 10.1 Å². The van der Waals surface area contributed by atoms with Crippen molar-refractivity contribution in [2.45, 2.75) is 43.5 Å². The van der Waals surface area contributed by atoms with Crippen molar-refractivity contribution in [3.05, 3.63) is 36.2 Å². The fourth-order valence-electron chi connectivity index (χ4n) is 3.24. The Balaban J connectivity index is 0.00000243. The molecular weight excluding hydrogens is 459 g/mol. The molecule has 2 aromatic rings. The fraction of sp³-hybridized carbons (Fsp3) is 0.500. The Bertz CT molecular complexity index is 691. The normalized spacial score (nSPS) is 20.3. The van der Waals surface area contributed by atoms with Gasteiger partial charge >= 0.3 is 0 Å². The second kappa shape index (κ2) is 10.8. The van der Waals surface area contributed by atoms with Gasteiger partial charge in [-0.05, 0) is 37.1 Å². The van der Waals surface area contributed by atoms with Crippen molar-refractivity contribution < 1.29 is 0 Å². The molecule has 0 saturated heterocycles. The largest absolute Gasteiger partial charge is 0.354 e. The number of halogens is 1. The van der Waals surface area contributed by atoms with Crippen LogP contribution in [0.5, 0.6) is 0 Å². The van der Waals surface area contributed by atoms with E-state index in [2.05, 4.69) is 49.2 Å². The van der Waals surface area contributed by atoms with Crippen LogP contribution in [0.15, 0.2) is 35.6 Å². The number of aliphatic imine (C=N–C) groups is 1. The van der Waals surface area contributed by atoms with Crippen LogP contribution in [0.2, 0.25) is 0 Å². The summed E-state index contributed by atoms with van der Waals surface area (Å²) in [5.74, 6) is 1.66. The molecule has 1 aromatic carbocycles. The van der Waals surface area contributed by atoms with Gasteiger partial charge in [-0.15, -0.1) is 24.0 Å². The molecule has 0 bridgehead atoms. The highest BCUT2D eigenvalue weighted by Crippen LogP contribution is 2.26. The number of aromatic nitrogens is 3. The van der Waals surface area contributed by atoms with E-state index >= 15 is 0 Å². The molecule has 1 aliphatic rings. The Kier molecular flexibility index (Phi) is 8.70. The highest BCUT2D eigenvalue weighted by Gasteiger charge is 2.21. The summed E-state index contributed by atoms with van der Waals surface area (Å²) in [7, 11) is 1.83. The Labute approximate surface area is 176 Å². The van der Waals surface area contributed by atoms with Crippen LogP contribution in [0.25, 0.3) is 11.4 Å². The minimum Gasteiger partial charge on any atom is -0.354 e. The lowest BCUT2D eigenvalue weighted by atomic mass is 9.95. The standard InChI is InChI=1S/C18H26N6S.HI/c1-19-18(23-15-7-4-8-16(10-15)25-2)20-11-13-5-3-6-14(9-13)17-21-12-22-24-17;/h3,5-6,9,12,15-16H,4,7-8,10-11H2,1-2H3,(H2,19,20,23)(H,21,22,24);1H. The molecule has 142 valence electrons. The smallest absolute Gasteiger partial charge is 0.191 e. The van der Waals surface area contributed by atoms with Gasteiger partial charge in [0.2, 0.25) is 0 Å². The quantitative estimate of drug-likeness (QED) is 0.343. The van der Waals surface area contributed by atoms with E-state index in [4.69, 9.17) is 0 Å². The molecule has 26 heavy (non-hydrogen) atoms. The second-order valence-corrected chi connectivity index (χ2v) is 7.46. The average Bonchev–Trinajstić information content (AvgIpc) is 3.20. The minimum atomic E-state index is 0. The van der Waals surface area contributed by atoms with Crippen molar-refractivity contribution in [2.24, 2.45) is 4.99 Å². The topological polar surface area (TPSA) is 78.0 Å². The number of nitrogens with one attached hydrogen (secondary N) is 3. The third-order valence-corrected chi connectivity index (χ3v) is 5.69. The zero-order valence-corrected chi connectivity index (χ0v) is 18.4. The summed E-state index contributed by atoms with van der Waals surface area (Å²) in [5, 5.41) is 14.6. The molecule has 2 unspecified atom stereocenters. The molecule has 1 fully saturated rings. The van der Waals surface area contributed by atoms with E-state index in [-0.39, 0.29) is 24.0 Å². The fourth-order valence-corrected chi connectivity index (χ4v) is 4.06. The molecule has 1 saturated carbocycles. The molecule has 3 N–H and O–H groups in total. The van der Waals surface area contributed by atoms with Crippen LogP contribution in [0.4, 0.5) is 0 Å². The number of thioether (sulfide) groups is 1. The van der Waals surface area contributed by atoms with E-state index in [1.165, 1.54) is 37.6 Å². The van der Waals surface area contributed by atoms with Crippen molar-refractivity contribution in [2.75, 3.05) is 13.3 Å². The molecule has 6 nitrogen and oxygen atoms in total. The van der Waals surface area contributed by atoms with Crippen molar-refractivity contribution in [3.8, 4) is 11.4 Å². The molecule has 1 aliphatic carbocycles.